The van der Waals surface area contributed by atoms with Crippen LogP contribution >= 0.6 is 27.7 Å². The Kier molecular flexibility index (Phi) is 7.38. The first-order valence-electron chi connectivity index (χ1n) is 12.0. The number of carbonyl (C=O) groups excluding carboxylic acids is 1. The molecule has 4 aliphatic rings. The summed E-state index contributed by atoms with van der Waals surface area (Å²) < 4.78 is 14.3. The van der Waals surface area contributed by atoms with Gasteiger partial charge in [-0.15, -0.1) is 0 Å². The number of fused-ring (bicyclic) bond motifs is 2. The van der Waals surface area contributed by atoms with Gasteiger partial charge in [-0.3, -0.25) is 0 Å². The zero-order valence-corrected chi connectivity index (χ0v) is 22.4. The van der Waals surface area contributed by atoms with Crippen LogP contribution in [-0.4, -0.2) is 74.3 Å². The maximum atomic E-state index is 11.0. The molecule has 1 fully saturated rings. The van der Waals surface area contributed by atoms with Gasteiger partial charge in [-0.1, -0.05) is 0 Å². The zero-order chi connectivity index (χ0) is 25.3. The number of nitrogen functional groups attached to an aromatic ring is 1. The SMILES string of the molecule is CC(O)(C=O)CN1CCC(CCn2cnc(N)c3nc(Sc4cc5c(cc4Br)OCCO5)nc2-3)CC1. The standard InChI is InChI=1S/C24H29BrN6O4S/c1-24(33,13-32)12-30-5-2-15(3-6-30)4-7-31-14-27-21(26)20-22(31)29-23(28-20)36-19-11-18-17(10-16(19)25)34-8-9-35-18/h10-11,13-15,33H,2-9,12,26H2,1H3. The summed E-state index contributed by atoms with van der Waals surface area (Å²) in [6, 6.07) is 3.83. The van der Waals surface area contributed by atoms with E-state index in [9.17, 15) is 9.90 Å². The fourth-order valence-corrected chi connectivity index (χ4v) is 5.96. The van der Waals surface area contributed by atoms with Gasteiger partial charge in [-0.2, -0.15) is 0 Å². The van der Waals surface area contributed by atoms with Crippen molar-refractivity contribution in [2.24, 2.45) is 5.92 Å². The van der Waals surface area contributed by atoms with Crippen molar-refractivity contribution in [3.63, 3.8) is 0 Å². The number of imidazole rings is 1. The second-order valence-corrected chi connectivity index (χ2v) is 11.4. The van der Waals surface area contributed by atoms with E-state index in [2.05, 4.69) is 30.8 Å². The minimum Gasteiger partial charge on any atom is -0.486 e. The van der Waals surface area contributed by atoms with Gasteiger partial charge in [-0.05, 0) is 85.0 Å². The van der Waals surface area contributed by atoms with Crippen molar-refractivity contribution in [3.05, 3.63) is 22.9 Å². The molecule has 36 heavy (non-hydrogen) atoms. The molecule has 0 saturated carbocycles. The molecular weight excluding hydrogens is 548 g/mol. The number of aromatic nitrogens is 4. The Morgan fingerprint density at radius 1 is 1.25 bits per heavy atom. The van der Waals surface area contributed by atoms with Crippen molar-refractivity contribution in [1.29, 1.82) is 0 Å². The van der Waals surface area contributed by atoms with E-state index in [4.69, 9.17) is 20.2 Å². The van der Waals surface area contributed by atoms with Crippen molar-refractivity contribution in [3.8, 4) is 23.0 Å². The molecule has 4 heterocycles. The number of β-amino-alcohol motifs (C(OH)–C–C–N with tert-alkyl or cyclic N) is 1. The van der Waals surface area contributed by atoms with Gasteiger partial charge in [0, 0.05) is 22.5 Å². The molecule has 1 saturated heterocycles. The number of aldehydes is 1. The molecule has 0 spiro atoms. The number of aryl methyl sites for hydroxylation is 1. The number of aliphatic hydroxyl groups is 1. The van der Waals surface area contributed by atoms with Crippen molar-refractivity contribution in [2.45, 2.75) is 48.4 Å². The quantitative estimate of drug-likeness (QED) is 0.386. The number of ether oxygens (including phenoxy) is 2. The van der Waals surface area contributed by atoms with Crippen LogP contribution in [0.15, 0.2) is 33.0 Å². The lowest BCUT2D eigenvalue weighted by atomic mass is 9.92. The largest absolute Gasteiger partial charge is 0.486 e. The Labute approximate surface area is 222 Å². The van der Waals surface area contributed by atoms with E-state index in [0.717, 1.165) is 59.8 Å². The van der Waals surface area contributed by atoms with Crippen molar-refractivity contribution in [2.75, 3.05) is 38.6 Å². The van der Waals surface area contributed by atoms with E-state index in [1.165, 1.54) is 11.8 Å². The van der Waals surface area contributed by atoms with Crippen LogP contribution in [0.1, 0.15) is 26.2 Å². The molecule has 1 aromatic rings. The number of piperidine rings is 1. The molecule has 1 atom stereocenters. The molecule has 3 N–H and O–H groups in total. The van der Waals surface area contributed by atoms with Crippen LogP contribution < -0.4 is 15.2 Å². The maximum absolute atomic E-state index is 11.0. The van der Waals surface area contributed by atoms with E-state index < -0.39 is 5.60 Å². The Morgan fingerprint density at radius 3 is 2.69 bits per heavy atom. The molecule has 5 rings (SSSR count). The number of nitrogens with two attached hydrogens (primary N) is 1. The zero-order valence-electron chi connectivity index (χ0n) is 20.0. The highest BCUT2D eigenvalue weighted by Crippen LogP contribution is 2.42. The van der Waals surface area contributed by atoms with E-state index in [0.29, 0.717) is 54.4 Å². The lowest BCUT2D eigenvalue weighted by molar-refractivity contribution is -0.124. The highest BCUT2D eigenvalue weighted by atomic mass is 79.9. The molecule has 10 nitrogen and oxygen atoms in total. The van der Waals surface area contributed by atoms with E-state index in [1.807, 2.05) is 16.7 Å². The number of rotatable bonds is 8. The van der Waals surface area contributed by atoms with E-state index in [1.54, 1.807) is 13.3 Å². The highest BCUT2D eigenvalue weighted by molar-refractivity contribution is 9.10. The lowest BCUT2D eigenvalue weighted by Gasteiger charge is -2.34. The molecule has 12 heteroatoms. The molecular formula is C24H29BrN6O4S. The van der Waals surface area contributed by atoms with Crippen LogP contribution in [0.5, 0.6) is 11.5 Å². The fourth-order valence-electron chi connectivity index (χ4n) is 4.61. The molecule has 1 aromatic carbocycles. The number of benzene rings is 1. The van der Waals surface area contributed by atoms with Crippen molar-refractivity contribution < 1.29 is 19.4 Å². The number of carbonyl (C=O) groups is 1. The summed E-state index contributed by atoms with van der Waals surface area (Å²) >= 11 is 5.04. The van der Waals surface area contributed by atoms with Gasteiger partial charge in [0.2, 0.25) is 0 Å². The van der Waals surface area contributed by atoms with Gasteiger partial charge < -0.3 is 34.6 Å². The van der Waals surface area contributed by atoms with Crippen LogP contribution in [0.4, 0.5) is 5.82 Å². The molecule has 0 bridgehead atoms. The number of hydrogen-bond acceptors (Lipinski definition) is 10. The predicted octanol–water partition coefficient (Wildman–Crippen LogP) is 3.10. The molecule has 0 radical (unpaired) electrons. The average molecular weight is 578 g/mol. The highest BCUT2D eigenvalue weighted by Gasteiger charge is 2.27. The average Bonchev–Trinajstić information content (AvgIpc) is 3.30. The van der Waals surface area contributed by atoms with Gasteiger partial charge in [-0.25, -0.2) is 15.0 Å². The van der Waals surface area contributed by atoms with Crippen LogP contribution in [0.2, 0.25) is 0 Å². The van der Waals surface area contributed by atoms with E-state index >= 15 is 0 Å². The fraction of sp³-hybridized carbons (Fsp3) is 0.500. The van der Waals surface area contributed by atoms with Crippen molar-refractivity contribution in [1.82, 2.24) is 24.4 Å². The molecule has 0 aromatic heterocycles. The first kappa shape index (κ1) is 25.2. The Balaban J connectivity index is 1.25. The monoisotopic (exact) mass is 576 g/mol. The summed E-state index contributed by atoms with van der Waals surface area (Å²) in [5, 5.41) is 10.6. The number of halogens is 1. The van der Waals surface area contributed by atoms with Gasteiger partial charge in [0.05, 0.1) is 6.33 Å². The third-order valence-corrected chi connectivity index (χ3v) is 8.39. The second-order valence-electron chi connectivity index (χ2n) is 9.51. The summed E-state index contributed by atoms with van der Waals surface area (Å²) in [6.07, 6.45) is 5.37. The maximum Gasteiger partial charge on any atom is 0.195 e. The normalized spacial score (nSPS) is 18.3. The summed E-state index contributed by atoms with van der Waals surface area (Å²) in [7, 11) is 0. The van der Waals surface area contributed by atoms with Gasteiger partial charge in [0.1, 0.15) is 18.8 Å². The number of likely N-dealkylation sites (tertiary alicyclic amines) is 1. The van der Waals surface area contributed by atoms with Crippen LogP contribution in [0, 0.1) is 5.92 Å². The van der Waals surface area contributed by atoms with Gasteiger partial charge in [0.15, 0.2) is 40.3 Å². The predicted molar refractivity (Wildman–Crippen MR) is 139 cm³/mol. The second kappa shape index (κ2) is 10.5. The molecule has 0 aliphatic carbocycles. The Hall–Kier alpha value is -2.41. The van der Waals surface area contributed by atoms with Crippen LogP contribution in [-0.2, 0) is 11.3 Å². The van der Waals surface area contributed by atoms with Gasteiger partial charge in [0.25, 0.3) is 0 Å². The van der Waals surface area contributed by atoms with Gasteiger partial charge >= 0.3 is 0 Å². The first-order valence-corrected chi connectivity index (χ1v) is 13.6. The topological polar surface area (TPSA) is 129 Å². The lowest BCUT2D eigenvalue weighted by Crippen LogP contribution is -2.45. The van der Waals surface area contributed by atoms with Crippen molar-refractivity contribution >= 4 is 39.8 Å². The Morgan fingerprint density at radius 2 is 1.97 bits per heavy atom. The summed E-state index contributed by atoms with van der Waals surface area (Å²) in [4.78, 5) is 27.9. The van der Waals surface area contributed by atoms with Crippen LogP contribution in [0.3, 0.4) is 0 Å². The third-order valence-electron chi connectivity index (χ3n) is 6.55. The Bertz CT molecular complexity index is 1210. The van der Waals surface area contributed by atoms with Crippen LogP contribution in [0.25, 0.3) is 11.5 Å². The molecule has 1 unspecified atom stereocenters. The molecule has 0 amide bonds. The number of nitrogens with zero attached hydrogens (tertiary/aromatic N) is 5. The summed E-state index contributed by atoms with van der Waals surface area (Å²) in [5.74, 6) is 3.06. The smallest absolute Gasteiger partial charge is 0.195 e. The first-order chi connectivity index (χ1) is 17.3. The number of anilines is 1. The minimum atomic E-state index is -1.29. The minimum absolute atomic E-state index is 0.359. The summed E-state index contributed by atoms with van der Waals surface area (Å²) in [6.45, 7) is 5.50. The molecule has 4 aliphatic heterocycles. The molecule has 192 valence electrons. The number of hydrogen-bond donors (Lipinski definition) is 2. The van der Waals surface area contributed by atoms with E-state index in [-0.39, 0.29) is 0 Å². The summed E-state index contributed by atoms with van der Waals surface area (Å²) in [5.41, 5.74) is 5.45. The third kappa shape index (κ3) is 5.61.